The molecule has 0 bridgehead atoms. The number of carbonyl (C=O) groups is 1. The summed E-state index contributed by atoms with van der Waals surface area (Å²) in [5.74, 6) is -2.63. The van der Waals surface area contributed by atoms with Gasteiger partial charge in [0.15, 0.2) is 6.10 Å². The van der Waals surface area contributed by atoms with Crippen molar-refractivity contribution in [2.45, 2.75) is 26.2 Å². The fourth-order valence-electron chi connectivity index (χ4n) is 2.41. The lowest BCUT2D eigenvalue weighted by molar-refractivity contribution is -0.133. The van der Waals surface area contributed by atoms with Crippen LogP contribution in [0.4, 0.5) is 8.78 Å². The SMILES string of the molecule is CCO[C@H](C(=O)NCc1ccc(C#N)cc1)c1c(F)ccc(CO)c1F. The van der Waals surface area contributed by atoms with Gasteiger partial charge in [-0.05, 0) is 30.7 Å². The molecule has 0 radical (unpaired) electrons. The number of benzene rings is 2. The zero-order valence-corrected chi connectivity index (χ0v) is 14.1. The van der Waals surface area contributed by atoms with Gasteiger partial charge in [0, 0.05) is 18.7 Å². The molecule has 0 heterocycles. The number of nitrogens with one attached hydrogen (secondary N) is 1. The van der Waals surface area contributed by atoms with Gasteiger partial charge in [0.05, 0.1) is 23.8 Å². The summed E-state index contributed by atoms with van der Waals surface area (Å²) in [5, 5.41) is 20.5. The number of halogens is 2. The van der Waals surface area contributed by atoms with Crippen molar-refractivity contribution in [3.63, 3.8) is 0 Å². The van der Waals surface area contributed by atoms with E-state index in [0.717, 1.165) is 17.7 Å². The molecule has 0 spiro atoms. The number of hydrogen-bond acceptors (Lipinski definition) is 4. The van der Waals surface area contributed by atoms with Crippen LogP contribution in [0.2, 0.25) is 0 Å². The molecule has 5 nitrogen and oxygen atoms in total. The number of ether oxygens (including phenoxy) is 1. The minimum Gasteiger partial charge on any atom is -0.392 e. The zero-order chi connectivity index (χ0) is 19.1. The molecule has 136 valence electrons. The van der Waals surface area contributed by atoms with Gasteiger partial charge in [0.25, 0.3) is 5.91 Å². The maximum absolute atomic E-state index is 14.4. The molecule has 26 heavy (non-hydrogen) atoms. The molecule has 0 saturated carbocycles. The highest BCUT2D eigenvalue weighted by Gasteiger charge is 2.28. The number of rotatable bonds is 7. The normalized spacial score (nSPS) is 11.7. The van der Waals surface area contributed by atoms with Crippen molar-refractivity contribution in [3.05, 3.63) is 70.3 Å². The van der Waals surface area contributed by atoms with E-state index in [4.69, 9.17) is 15.1 Å². The fourth-order valence-corrected chi connectivity index (χ4v) is 2.41. The zero-order valence-electron chi connectivity index (χ0n) is 14.1. The topological polar surface area (TPSA) is 82.3 Å². The van der Waals surface area contributed by atoms with Crippen LogP contribution in [0.5, 0.6) is 0 Å². The number of amides is 1. The van der Waals surface area contributed by atoms with Crippen molar-refractivity contribution in [3.8, 4) is 6.07 Å². The standard InChI is InChI=1S/C19H18F2N2O3/c1-2-26-18(16-15(20)8-7-14(11-24)17(16)21)19(25)23-10-13-5-3-12(9-22)4-6-13/h3-8,18,24H,2,10-11H2,1H3,(H,23,25)/t18-/m0/s1. The number of hydrogen-bond donors (Lipinski definition) is 2. The highest BCUT2D eigenvalue weighted by molar-refractivity contribution is 5.82. The van der Waals surface area contributed by atoms with E-state index in [1.54, 1.807) is 31.2 Å². The van der Waals surface area contributed by atoms with Crippen LogP contribution < -0.4 is 5.32 Å². The van der Waals surface area contributed by atoms with Gasteiger partial charge < -0.3 is 15.2 Å². The Morgan fingerprint density at radius 2 is 1.96 bits per heavy atom. The lowest BCUT2D eigenvalue weighted by atomic mass is 10.0. The smallest absolute Gasteiger partial charge is 0.254 e. The molecule has 0 saturated heterocycles. The Kier molecular flexibility index (Phi) is 6.78. The molecule has 0 unspecified atom stereocenters. The Labute approximate surface area is 149 Å². The van der Waals surface area contributed by atoms with E-state index in [9.17, 15) is 13.6 Å². The third kappa shape index (κ3) is 4.42. The van der Waals surface area contributed by atoms with E-state index in [-0.39, 0.29) is 18.7 Å². The van der Waals surface area contributed by atoms with Crippen LogP contribution in [-0.2, 0) is 22.7 Å². The summed E-state index contributed by atoms with van der Waals surface area (Å²) in [6.07, 6.45) is -1.48. The largest absolute Gasteiger partial charge is 0.392 e. The Morgan fingerprint density at radius 3 is 2.54 bits per heavy atom. The van der Waals surface area contributed by atoms with Gasteiger partial charge >= 0.3 is 0 Å². The summed E-state index contributed by atoms with van der Waals surface area (Å²) in [6, 6.07) is 10.6. The summed E-state index contributed by atoms with van der Waals surface area (Å²) in [6.45, 7) is 1.16. The molecular weight excluding hydrogens is 342 g/mol. The summed E-state index contributed by atoms with van der Waals surface area (Å²) in [7, 11) is 0. The quantitative estimate of drug-likeness (QED) is 0.795. The first kappa shape index (κ1) is 19.5. The first-order chi connectivity index (χ1) is 12.5. The predicted octanol–water partition coefficient (Wildman–Crippen LogP) is 2.72. The van der Waals surface area contributed by atoms with E-state index >= 15 is 0 Å². The third-order valence-corrected chi connectivity index (χ3v) is 3.76. The molecule has 2 rings (SSSR count). The summed E-state index contributed by atoms with van der Waals surface area (Å²) in [4.78, 5) is 12.4. The highest BCUT2D eigenvalue weighted by Crippen LogP contribution is 2.27. The number of nitrogens with zero attached hydrogens (tertiary/aromatic N) is 1. The number of carbonyl (C=O) groups excluding carboxylic acids is 1. The lowest BCUT2D eigenvalue weighted by Crippen LogP contribution is -2.32. The van der Waals surface area contributed by atoms with Crippen LogP contribution in [-0.4, -0.2) is 17.6 Å². The van der Waals surface area contributed by atoms with Gasteiger partial charge in [-0.15, -0.1) is 0 Å². The Hall–Kier alpha value is -2.82. The van der Waals surface area contributed by atoms with Crippen molar-refractivity contribution in [2.24, 2.45) is 0 Å². The predicted molar refractivity (Wildman–Crippen MR) is 89.7 cm³/mol. The fraction of sp³-hybridized carbons (Fsp3) is 0.263. The average molecular weight is 360 g/mol. The summed E-state index contributed by atoms with van der Waals surface area (Å²) >= 11 is 0. The van der Waals surface area contributed by atoms with Crippen LogP contribution in [0.1, 0.15) is 35.3 Å². The molecule has 0 aliphatic carbocycles. The van der Waals surface area contributed by atoms with E-state index in [0.29, 0.717) is 5.56 Å². The first-order valence-electron chi connectivity index (χ1n) is 7.97. The van der Waals surface area contributed by atoms with Gasteiger partial charge in [-0.3, -0.25) is 4.79 Å². The third-order valence-electron chi connectivity index (χ3n) is 3.76. The molecule has 0 fully saturated rings. The average Bonchev–Trinajstić information content (AvgIpc) is 2.66. The van der Waals surface area contributed by atoms with Gasteiger partial charge in [-0.25, -0.2) is 8.78 Å². The number of nitriles is 1. The van der Waals surface area contributed by atoms with Gasteiger partial charge in [-0.1, -0.05) is 18.2 Å². The minimum absolute atomic E-state index is 0.0667. The van der Waals surface area contributed by atoms with Crippen molar-refractivity contribution in [2.75, 3.05) is 6.61 Å². The van der Waals surface area contributed by atoms with Gasteiger partial charge in [0.1, 0.15) is 11.6 Å². The van der Waals surface area contributed by atoms with Crippen molar-refractivity contribution >= 4 is 5.91 Å². The van der Waals surface area contributed by atoms with Crippen molar-refractivity contribution in [1.29, 1.82) is 5.26 Å². The van der Waals surface area contributed by atoms with E-state index in [1.807, 2.05) is 6.07 Å². The monoisotopic (exact) mass is 360 g/mol. The van der Waals surface area contributed by atoms with Crippen LogP contribution in [0.3, 0.4) is 0 Å². The maximum atomic E-state index is 14.4. The van der Waals surface area contributed by atoms with Crippen LogP contribution in [0, 0.1) is 23.0 Å². The van der Waals surface area contributed by atoms with E-state index < -0.39 is 35.8 Å². The second kappa shape index (κ2) is 9.04. The Morgan fingerprint density at radius 1 is 1.27 bits per heavy atom. The van der Waals surface area contributed by atoms with Crippen LogP contribution >= 0.6 is 0 Å². The molecule has 2 N–H and O–H groups in total. The molecule has 2 aromatic carbocycles. The van der Waals surface area contributed by atoms with Crippen molar-refractivity contribution in [1.82, 2.24) is 5.32 Å². The summed E-state index contributed by atoms with van der Waals surface area (Å²) in [5.41, 5.74) is 0.552. The first-order valence-corrected chi connectivity index (χ1v) is 7.97. The number of aliphatic hydroxyl groups is 1. The molecule has 0 aromatic heterocycles. The molecule has 2 aromatic rings. The molecule has 1 atom stereocenters. The van der Waals surface area contributed by atoms with Gasteiger partial charge in [0.2, 0.25) is 0 Å². The maximum Gasteiger partial charge on any atom is 0.254 e. The van der Waals surface area contributed by atoms with Crippen molar-refractivity contribution < 1.29 is 23.4 Å². The van der Waals surface area contributed by atoms with Crippen LogP contribution in [0.25, 0.3) is 0 Å². The number of aliphatic hydroxyl groups excluding tert-OH is 1. The summed E-state index contributed by atoms with van der Waals surface area (Å²) < 4.78 is 33.8. The van der Waals surface area contributed by atoms with Crippen LogP contribution in [0.15, 0.2) is 36.4 Å². The van der Waals surface area contributed by atoms with E-state index in [2.05, 4.69) is 5.32 Å². The molecule has 7 heteroatoms. The highest BCUT2D eigenvalue weighted by atomic mass is 19.1. The second-order valence-corrected chi connectivity index (χ2v) is 5.45. The molecule has 0 aliphatic rings. The molecular formula is C19H18F2N2O3. The minimum atomic E-state index is -1.48. The Bertz CT molecular complexity index is 817. The molecule has 0 aliphatic heterocycles. The van der Waals surface area contributed by atoms with E-state index in [1.165, 1.54) is 0 Å². The second-order valence-electron chi connectivity index (χ2n) is 5.45. The Balaban J connectivity index is 2.21. The lowest BCUT2D eigenvalue weighted by Gasteiger charge is -2.19. The molecule has 1 amide bonds. The van der Waals surface area contributed by atoms with Gasteiger partial charge in [-0.2, -0.15) is 5.26 Å².